The number of amides is 1. The van der Waals surface area contributed by atoms with Crippen LogP contribution >= 0.6 is 0 Å². The van der Waals surface area contributed by atoms with E-state index in [4.69, 9.17) is 10.8 Å². The molecule has 1 amide bonds. The van der Waals surface area contributed by atoms with Crippen LogP contribution in [0.1, 0.15) is 0 Å². The molecule has 0 spiro atoms. The summed E-state index contributed by atoms with van der Waals surface area (Å²) in [5.74, 6) is -2.26. The minimum absolute atomic E-state index is 0.0317. The molecule has 124 valence electrons. The minimum atomic E-state index is -1.24. The van der Waals surface area contributed by atoms with Crippen LogP contribution in [0.15, 0.2) is 51.7 Å². The Morgan fingerprint density at radius 2 is 2.12 bits per heavy atom. The second-order valence-corrected chi connectivity index (χ2v) is 4.50. The predicted molar refractivity (Wildman–Crippen MR) is 86.3 cm³/mol. The second-order valence-electron chi connectivity index (χ2n) is 4.50. The van der Waals surface area contributed by atoms with Gasteiger partial charge in [-0.3, -0.25) is 10.2 Å². The quantitative estimate of drug-likeness (QED) is 0.431. The number of nitrogens with two attached hydrogens (primary N) is 1. The molecule has 2 rings (SSSR count). The van der Waals surface area contributed by atoms with Crippen LogP contribution in [0.2, 0.25) is 0 Å². The van der Waals surface area contributed by atoms with E-state index in [9.17, 15) is 14.0 Å². The summed E-state index contributed by atoms with van der Waals surface area (Å²) in [6.07, 6.45) is 1.57. The summed E-state index contributed by atoms with van der Waals surface area (Å²) in [5, 5.41) is 22.3. The van der Waals surface area contributed by atoms with Crippen LogP contribution in [0.5, 0.6) is 0 Å². The van der Waals surface area contributed by atoms with Gasteiger partial charge >= 0.3 is 5.97 Å². The smallest absolute Gasteiger partial charge is 0.328 e. The Kier molecular flexibility index (Phi) is 5.34. The lowest BCUT2D eigenvalue weighted by atomic mass is 10.2. The van der Waals surface area contributed by atoms with Crippen molar-refractivity contribution in [3.63, 3.8) is 0 Å². The maximum absolute atomic E-state index is 13.1. The van der Waals surface area contributed by atoms with E-state index in [1.54, 1.807) is 6.07 Å². The Morgan fingerprint density at radius 1 is 1.33 bits per heavy atom. The largest absolute Gasteiger partial charge is 0.478 e. The number of carbonyl (C=O) groups excluding carboxylic acids is 1. The summed E-state index contributed by atoms with van der Waals surface area (Å²) in [6, 6.07) is 5.64. The highest BCUT2D eigenvalue weighted by molar-refractivity contribution is 6.70. The Balaban J connectivity index is 1.99. The molecule has 0 radical (unpaired) electrons. The molecule has 24 heavy (non-hydrogen) atoms. The van der Waals surface area contributed by atoms with Crippen LogP contribution < -0.4 is 16.5 Å². The lowest BCUT2D eigenvalue weighted by Gasteiger charge is -2.05. The molecule has 0 aromatic heterocycles. The molecular formula is C14H13FN6O3. The number of benzene rings is 1. The first-order valence-corrected chi connectivity index (χ1v) is 6.64. The Bertz CT molecular complexity index is 784. The van der Waals surface area contributed by atoms with Gasteiger partial charge in [0, 0.05) is 12.2 Å². The number of nitrogens with one attached hydrogen (secondary N) is 2. The first-order chi connectivity index (χ1) is 11.5. The zero-order valence-electron chi connectivity index (χ0n) is 12.2. The molecule has 9 nitrogen and oxygen atoms in total. The van der Waals surface area contributed by atoms with Gasteiger partial charge in [-0.05, 0) is 18.2 Å². The summed E-state index contributed by atoms with van der Waals surface area (Å²) in [4.78, 5) is 21.8. The molecule has 10 heteroatoms. The average molecular weight is 332 g/mol. The first-order valence-electron chi connectivity index (χ1n) is 6.64. The van der Waals surface area contributed by atoms with Crippen LogP contribution in [-0.2, 0) is 9.59 Å². The molecule has 0 atom stereocenters. The van der Waals surface area contributed by atoms with Gasteiger partial charge in [-0.15, -0.1) is 10.2 Å². The molecule has 0 saturated heterocycles. The van der Waals surface area contributed by atoms with Crippen LogP contribution in [-0.4, -0.2) is 40.8 Å². The van der Waals surface area contributed by atoms with Gasteiger partial charge < -0.3 is 16.2 Å². The van der Waals surface area contributed by atoms with E-state index in [1.807, 2.05) is 0 Å². The summed E-state index contributed by atoms with van der Waals surface area (Å²) in [5.41, 5.74) is 9.14. The van der Waals surface area contributed by atoms with E-state index in [-0.39, 0.29) is 23.8 Å². The second kappa shape index (κ2) is 7.63. The number of halogens is 1. The van der Waals surface area contributed by atoms with Crippen molar-refractivity contribution >= 4 is 34.8 Å². The van der Waals surface area contributed by atoms with Gasteiger partial charge in [0.05, 0.1) is 12.2 Å². The molecule has 0 unspecified atom stereocenters. The van der Waals surface area contributed by atoms with Crippen molar-refractivity contribution in [3.8, 4) is 0 Å². The number of amidine groups is 1. The number of nitrogens with zero attached hydrogens (tertiary/aromatic N) is 3. The van der Waals surface area contributed by atoms with Crippen LogP contribution in [0, 0.1) is 5.82 Å². The lowest BCUT2D eigenvalue weighted by molar-refractivity contribution is -0.131. The van der Waals surface area contributed by atoms with E-state index in [1.165, 1.54) is 18.2 Å². The van der Waals surface area contributed by atoms with Crippen LogP contribution in [0.4, 0.5) is 10.1 Å². The SMILES string of the molecule is NC1=NN=C(CNC(=O)/C=C/C(=O)O)/C1=N/Nc1cccc(F)c1. The number of carboxylic acid groups (broad SMARTS) is 1. The Labute approximate surface area is 135 Å². The predicted octanol–water partition coefficient (Wildman–Crippen LogP) is 0.0774. The van der Waals surface area contributed by atoms with Gasteiger partial charge in [-0.1, -0.05) is 6.07 Å². The highest BCUT2D eigenvalue weighted by atomic mass is 19.1. The highest BCUT2D eigenvalue weighted by Gasteiger charge is 2.20. The van der Waals surface area contributed by atoms with Crippen LogP contribution in [0.3, 0.4) is 0 Å². The first kappa shape index (κ1) is 16.8. The van der Waals surface area contributed by atoms with Crippen molar-refractivity contribution in [1.82, 2.24) is 5.32 Å². The van der Waals surface area contributed by atoms with E-state index >= 15 is 0 Å². The average Bonchev–Trinajstić information content (AvgIpc) is 2.89. The number of hydrogen-bond acceptors (Lipinski definition) is 7. The van der Waals surface area contributed by atoms with Crippen molar-refractivity contribution < 1.29 is 19.1 Å². The third-order valence-corrected chi connectivity index (χ3v) is 2.72. The van der Waals surface area contributed by atoms with Gasteiger partial charge in [-0.25, -0.2) is 9.18 Å². The number of carbonyl (C=O) groups is 2. The summed E-state index contributed by atoms with van der Waals surface area (Å²) < 4.78 is 13.1. The van der Waals surface area contributed by atoms with Gasteiger partial charge in [0.25, 0.3) is 0 Å². The third-order valence-electron chi connectivity index (χ3n) is 2.72. The molecule has 0 saturated carbocycles. The van der Waals surface area contributed by atoms with E-state index in [2.05, 4.69) is 26.0 Å². The van der Waals surface area contributed by atoms with Crippen molar-refractivity contribution in [2.45, 2.75) is 0 Å². The zero-order chi connectivity index (χ0) is 17.5. The number of rotatable bonds is 6. The molecular weight excluding hydrogens is 319 g/mol. The maximum atomic E-state index is 13.1. The van der Waals surface area contributed by atoms with Crippen LogP contribution in [0.25, 0.3) is 0 Å². The molecule has 0 bridgehead atoms. The minimum Gasteiger partial charge on any atom is -0.478 e. The molecule has 1 aliphatic rings. The number of hydrogen-bond donors (Lipinski definition) is 4. The fraction of sp³-hybridized carbons (Fsp3) is 0.0714. The van der Waals surface area contributed by atoms with E-state index in [0.717, 1.165) is 6.08 Å². The topological polar surface area (TPSA) is 142 Å². The highest BCUT2D eigenvalue weighted by Crippen LogP contribution is 2.09. The van der Waals surface area contributed by atoms with Crippen molar-refractivity contribution in [2.75, 3.05) is 12.0 Å². The van der Waals surface area contributed by atoms with Gasteiger partial charge in [0.2, 0.25) is 5.91 Å². The van der Waals surface area contributed by atoms with Gasteiger partial charge in [-0.2, -0.15) is 5.10 Å². The molecule has 1 heterocycles. The maximum Gasteiger partial charge on any atom is 0.328 e. The fourth-order valence-electron chi connectivity index (χ4n) is 1.65. The molecule has 0 aliphatic carbocycles. The number of carboxylic acids is 1. The summed E-state index contributed by atoms with van der Waals surface area (Å²) in [7, 11) is 0. The fourth-order valence-corrected chi connectivity index (χ4v) is 1.65. The van der Waals surface area contributed by atoms with Crippen molar-refractivity contribution in [1.29, 1.82) is 0 Å². The Hall–Kier alpha value is -3.56. The standard InChI is InChI=1S/C14H13FN6O3/c15-8-2-1-3-9(6-8)18-20-13-10(19-21-14(13)16)7-17-11(22)4-5-12(23)24/h1-6,18H,7H2,(H,17,22)(H,23,24)(H2,16,20,21)/b5-4+. The van der Waals surface area contributed by atoms with Gasteiger partial charge in [0.15, 0.2) is 11.5 Å². The third kappa shape index (κ3) is 4.73. The summed E-state index contributed by atoms with van der Waals surface area (Å²) in [6.45, 7) is -0.0589. The van der Waals surface area contributed by atoms with Crippen molar-refractivity contribution in [3.05, 3.63) is 42.2 Å². The van der Waals surface area contributed by atoms with E-state index < -0.39 is 17.7 Å². The number of aliphatic carboxylic acids is 1. The number of anilines is 1. The summed E-state index contributed by atoms with van der Waals surface area (Å²) >= 11 is 0. The molecule has 5 N–H and O–H groups in total. The zero-order valence-corrected chi connectivity index (χ0v) is 12.2. The molecule has 1 aliphatic heterocycles. The molecule has 1 aromatic carbocycles. The Morgan fingerprint density at radius 3 is 2.83 bits per heavy atom. The molecule has 1 aromatic rings. The van der Waals surface area contributed by atoms with Crippen molar-refractivity contribution in [2.24, 2.45) is 21.0 Å². The lowest BCUT2D eigenvalue weighted by Crippen LogP contribution is -2.36. The normalized spacial score (nSPS) is 15.3. The number of hydrazone groups is 1. The van der Waals surface area contributed by atoms with Gasteiger partial charge in [0.1, 0.15) is 11.5 Å². The monoisotopic (exact) mass is 332 g/mol. The molecule has 0 fully saturated rings. The van der Waals surface area contributed by atoms with E-state index in [0.29, 0.717) is 11.8 Å².